The molecule has 0 unspecified atom stereocenters. The molecular weight excluding hydrogens is 288 g/mol. The lowest BCUT2D eigenvalue weighted by atomic mass is 10.1. The molecule has 0 atom stereocenters. The van der Waals surface area contributed by atoms with E-state index in [2.05, 4.69) is 5.10 Å². The van der Waals surface area contributed by atoms with Crippen LogP contribution >= 0.6 is 0 Å². The van der Waals surface area contributed by atoms with Gasteiger partial charge in [-0.2, -0.15) is 15.0 Å². The van der Waals surface area contributed by atoms with Crippen molar-refractivity contribution in [1.29, 1.82) is 5.26 Å². The molecule has 22 heavy (non-hydrogen) atoms. The Morgan fingerprint density at radius 1 is 1.36 bits per heavy atom. The van der Waals surface area contributed by atoms with Crippen LogP contribution in [0.3, 0.4) is 0 Å². The first-order valence-corrected chi connectivity index (χ1v) is 6.16. The third-order valence-electron chi connectivity index (χ3n) is 3.09. The second kappa shape index (κ2) is 5.57. The van der Waals surface area contributed by atoms with Crippen LogP contribution in [0.1, 0.15) is 28.5 Å². The highest BCUT2D eigenvalue weighted by Crippen LogP contribution is 2.15. The standard InChI is InChI=1S/C14H10N4O4/c1-8-12(7-15)14(20)17(16-13(8)9(2)19)10-3-5-11(6-4-10)18(21)22/h3-6H,1-2H3. The van der Waals surface area contributed by atoms with Crippen LogP contribution in [0, 0.1) is 28.4 Å². The van der Waals surface area contributed by atoms with E-state index in [1.165, 1.54) is 38.1 Å². The molecule has 0 fully saturated rings. The minimum atomic E-state index is -0.682. The van der Waals surface area contributed by atoms with Crippen molar-refractivity contribution in [3.8, 4) is 11.8 Å². The number of non-ortho nitro benzene ring substituents is 1. The van der Waals surface area contributed by atoms with Crippen LogP contribution in [0.5, 0.6) is 0 Å². The smallest absolute Gasteiger partial charge is 0.289 e. The number of aromatic nitrogens is 2. The number of rotatable bonds is 3. The van der Waals surface area contributed by atoms with Crippen LogP contribution in [-0.2, 0) is 0 Å². The zero-order chi connectivity index (χ0) is 16.4. The Kier molecular flexibility index (Phi) is 3.81. The number of hydrogen-bond donors (Lipinski definition) is 0. The predicted molar refractivity (Wildman–Crippen MR) is 75.9 cm³/mol. The van der Waals surface area contributed by atoms with Gasteiger partial charge in [0.1, 0.15) is 17.3 Å². The van der Waals surface area contributed by atoms with Crippen molar-refractivity contribution in [2.45, 2.75) is 13.8 Å². The van der Waals surface area contributed by atoms with Gasteiger partial charge in [-0.3, -0.25) is 19.7 Å². The molecule has 0 aliphatic rings. The lowest BCUT2D eigenvalue weighted by Crippen LogP contribution is -2.27. The molecule has 8 nitrogen and oxygen atoms in total. The Bertz CT molecular complexity index is 875. The summed E-state index contributed by atoms with van der Waals surface area (Å²) < 4.78 is 0.895. The highest BCUT2D eigenvalue weighted by Gasteiger charge is 2.18. The van der Waals surface area contributed by atoms with E-state index >= 15 is 0 Å². The van der Waals surface area contributed by atoms with E-state index in [9.17, 15) is 19.7 Å². The number of hydrogen-bond acceptors (Lipinski definition) is 6. The number of ketones is 1. The molecule has 1 aromatic carbocycles. The highest BCUT2D eigenvalue weighted by atomic mass is 16.6. The number of nitrogens with zero attached hydrogens (tertiary/aromatic N) is 4. The molecule has 0 aliphatic carbocycles. The van der Waals surface area contributed by atoms with E-state index in [4.69, 9.17) is 5.26 Å². The Labute approximate surface area is 124 Å². The maximum Gasteiger partial charge on any atom is 0.289 e. The van der Waals surface area contributed by atoms with Gasteiger partial charge < -0.3 is 0 Å². The molecule has 110 valence electrons. The summed E-state index contributed by atoms with van der Waals surface area (Å²) in [6, 6.07) is 6.84. The van der Waals surface area contributed by atoms with E-state index in [1.54, 1.807) is 6.07 Å². The zero-order valence-electron chi connectivity index (χ0n) is 11.7. The van der Waals surface area contributed by atoms with Crippen LogP contribution in [0.25, 0.3) is 5.69 Å². The molecule has 0 N–H and O–H groups in total. The fourth-order valence-corrected chi connectivity index (χ4v) is 1.96. The number of nitro benzene ring substituents is 1. The quantitative estimate of drug-likeness (QED) is 0.481. The van der Waals surface area contributed by atoms with Gasteiger partial charge in [-0.15, -0.1) is 0 Å². The van der Waals surface area contributed by atoms with Crippen molar-refractivity contribution in [1.82, 2.24) is 9.78 Å². The lowest BCUT2D eigenvalue weighted by Gasteiger charge is -2.09. The maximum atomic E-state index is 12.2. The number of carbonyl (C=O) groups is 1. The number of nitro groups is 1. The van der Waals surface area contributed by atoms with Crippen LogP contribution in [0.15, 0.2) is 29.1 Å². The largest absolute Gasteiger partial charge is 0.293 e. The van der Waals surface area contributed by atoms with E-state index in [0.29, 0.717) is 0 Å². The molecule has 1 aromatic heterocycles. The Hall–Kier alpha value is -3.34. The summed E-state index contributed by atoms with van der Waals surface area (Å²) >= 11 is 0. The van der Waals surface area contributed by atoms with Crippen LogP contribution < -0.4 is 5.56 Å². The Balaban J connectivity index is 2.73. The van der Waals surface area contributed by atoms with Gasteiger partial charge in [0.25, 0.3) is 11.2 Å². The highest BCUT2D eigenvalue weighted by molar-refractivity contribution is 5.93. The summed E-state index contributed by atoms with van der Waals surface area (Å²) in [5.74, 6) is -0.385. The normalized spacial score (nSPS) is 10.0. The minimum absolute atomic E-state index is 0.00880. The van der Waals surface area contributed by atoms with E-state index in [-0.39, 0.29) is 34.0 Å². The molecular formula is C14H10N4O4. The summed E-state index contributed by atoms with van der Waals surface area (Å²) in [5.41, 5.74) is -0.545. The van der Waals surface area contributed by atoms with Crippen molar-refractivity contribution in [2.75, 3.05) is 0 Å². The third kappa shape index (κ3) is 2.47. The average Bonchev–Trinajstić information content (AvgIpc) is 2.47. The molecule has 0 saturated carbocycles. The first-order chi connectivity index (χ1) is 10.4. The van der Waals surface area contributed by atoms with Crippen LogP contribution in [-0.4, -0.2) is 20.5 Å². The monoisotopic (exact) mass is 298 g/mol. The first kappa shape index (κ1) is 15.1. The van der Waals surface area contributed by atoms with Gasteiger partial charge in [0, 0.05) is 24.6 Å². The molecule has 2 aromatic rings. The van der Waals surface area contributed by atoms with Gasteiger partial charge in [0.05, 0.1) is 10.6 Å². The maximum absolute atomic E-state index is 12.2. The summed E-state index contributed by atoms with van der Waals surface area (Å²) in [6.07, 6.45) is 0. The van der Waals surface area contributed by atoms with Gasteiger partial charge in [-0.25, -0.2) is 0 Å². The summed E-state index contributed by atoms with van der Waals surface area (Å²) in [4.78, 5) is 33.9. The van der Waals surface area contributed by atoms with Gasteiger partial charge in [0.2, 0.25) is 0 Å². The topological polar surface area (TPSA) is 119 Å². The van der Waals surface area contributed by atoms with E-state index < -0.39 is 10.5 Å². The van der Waals surface area contributed by atoms with Crippen molar-refractivity contribution in [3.63, 3.8) is 0 Å². The van der Waals surface area contributed by atoms with Gasteiger partial charge in [-0.05, 0) is 19.1 Å². The molecule has 0 radical (unpaired) electrons. The number of Topliss-reactive ketones (excluding diaryl/α,β-unsaturated/α-hetero) is 1. The Morgan fingerprint density at radius 2 is 1.95 bits per heavy atom. The predicted octanol–water partition coefficient (Wildman–Crippen LogP) is 1.52. The molecule has 1 heterocycles. The van der Waals surface area contributed by atoms with Crippen molar-refractivity contribution in [3.05, 3.63) is 61.6 Å². The van der Waals surface area contributed by atoms with Gasteiger partial charge in [0.15, 0.2) is 5.78 Å². The van der Waals surface area contributed by atoms with Crippen molar-refractivity contribution in [2.24, 2.45) is 0 Å². The van der Waals surface area contributed by atoms with E-state index in [0.717, 1.165) is 4.68 Å². The number of carbonyl (C=O) groups excluding carboxylic acids is 1. The molecule has 0 saturated heterocycles. The molecule has 0 amide bonds. The van der Waals surface area contributed by atoms with Crippen LogP contribution in [0.2, 0.25) is 0 Å². The molecule has 0 bridgehead atoms. The van der Waals surface area contributed by atoms with Gasteiger partial charge in [-0.1, -0.05) is 0 Å². The third-order valence-corrected chi connectivity index (χ3v) is 3.09. The van der Waals surface area contributed by atoms with E-state index in [1.807, 2.05) is 0 Å². The van der Waals surface area contributed by atoms with Crippen molar-refractivity contribution >= 4 is 11.5 Å². The molecule has 0 aliphatic heterocycles. The molecule has 8 heteroatoms. The first-order valence-electron chi connectivity index (χ1n) is 6.16. The number of nitriles is 1. The fraction of sp³-hybridized carbons (Fsp3) is 0.143. The molecule has 0 spiro atoms. The number of benzene rings is 1. The summed E-state index contributed by atoms with van der Waals surface area (Å²) in [5, 5.41) is 23.7. The summed E-state index contributed by atoms with van der Waals surface area (Å²) in [6.45, 7) is 2.75. The second-order valence-corrected chi connectivity index (χ2v) is 4.51. The van der Waals surface area contributed by atoms with Crippen LogP contribution in [0.4, 0.5) is 5.69 Å². The Morgan fingerprint density at radius 3 is 2.41 bits per heavy atom. The van der Waals surface area contributed by atoms with Crippen molar-refractivity contribution < 1.29 is 9.72 Å². The average molecular weight is 298 g/mol. The zero-order valence-corrected chi connectivity index (χ0v) is 11.7. The van der Waals surface area contributed by atoms with Gasteiger partial charge >= 0.3 is 0 Å². The second-order valence-electron chi connectivity index (χ2n) is 4.51. The minimum Gasteiger partial charge on any atom is -0.293 e. The SMILES string of the molecule is CC(=O)c1nn(-c2ccc([N+](=O)[O-])cc2)c(=O)c(C#N)c1C. The molecule has 2 rings (SSSR count). The fourth-order valence-electron chi connectivity index (χ4n) is 1.96. The summed E-state index contributed by atoms with van der Waals surface area (Å²) in [7, 11) is 0. The lowest BCUT2D eigenvalue weighted by molar-refractivity contribution is -0.384.